The fourth-order valence-corrected chi connectivity index (χ4v) is 3.61. The fraction of sp³-hybridized carbons (Fsp3) is 0.500. The molecule has 1 aliphatic rings. The molecule has 2 atom stereocenters. The summed E-state index contributed by atoms with van der Waals surface area (Å²) in [6.45, 7) is 4.67. The molecule has 1 N–H and O–H groups in total. The van der Waals surface area contributed by atoms with Gasteiger partial charge >= 0.3 is 0 Å². The van der Waals surface area contributed by atoms with Crippen LogP contribution in [0.5, 0.6) is 0 Å². The van der Waals surface area contributed by atoms with Crippen molar-refractivity contribution < 1.29 is 0 Å². The zero-order valence-electron chi connectivity index (χ0n) is 12.5. The average Bonchev–Trinajstić information content (AvgIpc) is 2.91. The lowest BCUT2D eigenvalue weighted by Gasteiger charge is -2.33. The first-order chi connectivity index (χ1) is 10.1. The molecule has 0 bridgehead atoms. The van der Waals surface area contributed by atoms with Gasteiger partial charge in [-0.25, -0.2) is 9.67 Å². The fourth-order valence-electron chi connectivity index (χ4n) is 3.44. The lowest BCUT2D eigenvalue weighted by Crippen LogP contribution is -2.30. The number of halogens is 1. The molecule has 1 fully saturated rings. The van der Waals surface area contributed by atoms with Crippen LogP contribution in [0, 0.1) is 11.8 Å². The van der Waals surface area contributed by atoms with Crippen LogP contribution in [0.1, 0.15) is 33.1 Å². The van der Waals surface area contributed by atoms with Gasteiger partial charge in [-0.1, -0.05) is 25.4 Å². The van der Waals surface area contributed by atoms with Crippen LogP contribution in [0.15, 0.2) is 30.9 Å². The van der Waals surface area contributed by atoms with E-state index >= 15 is 0 Å². The van der Waals surface area contributed by atoms with Crippen molar-refractivity contribution in [2.24, 2.45) is 11.8 Å². The van der Waals surface area contributed by atoms with Crippen molar-refractivity contribution in [1.29, 1.82) is 0 Å². The third-order valence-corrected chi connectivity index (χ3v) is 4.40. The van der Waals surface area contributed by atoms with Gasteiger partial charge in [0.2, 0.25) is 0 Å². The monoisotopic (exact) mass is 304 g/mol. The molecule has 0 saturated heterocycles. The highest BCUT2D eigenvalue weighted by Crippen LogP contribution is 2.32. The summed E-state index contributed by atoms with van der Waals surface area (Å²) in [5.74, 6) is 1.53. The molecule has 112 valence electrons. The molecular weight excluding hydrogens is 284 g/mol. The first-order valence-electron chi connectivity index (χ1n) is 7.53. The maximum Gasteiger partial charge on any atom is 0.138 e. The summed E-state index contributed by atoms with van der Waals surface area (Å²) in [5.41, 5.74) is 2.02. The first kappa shape index (κ1) is 14.4. The molecule has 0 aliphatic heterocycles. The van der Waals surface area contributed by atoms with E-state index in [0.717, 1.165) is 28.2 Å². The zero-order valence-corrected chi connectivity index (χ0v) is 13.2. The Morgan fingerprint density at radius 2 is 1.95 bits per heavy atom. The van der Waals surface area contributed by atoms with E-state index in [1.807, 2.05) is 18.2 Å². The number of rotatable bonds is 3. The second kappa shape index (κ2) is 6.06. The lowest BCUT2D eigenvalue weighted by atomic mass is 9.80. The van der Waals surface area contributed by atoms with Crippen molar-refractivity contribution in [3.8, 4) is 5.69 Å². The molecule has 21 heavy (non-hydrogen) atoms. The van der Waals surface area contributed by atoms with Gasteiger partial charge in [-0.05, 0) is 49.3 Å². The number of benzene rings is 1. The molecule has 1 heterocycles. The summed E-state index contributed by atoms with van der Waals surface area (Å²) in [4.78, 5) is 4.02. The third-order valence-electron chi connectivity index (χ3n) is 4.16. The van der Waals surface area contributed by atoms with E-state index in [-0.39, 0.29) is 0 Å². The lowest BCUT2D eigenvalue weighted by molar-refractivity contribution is 0.281. The minimum atomic E-state index is 0.490. The Bertz CT molecular complexity index is 586. The van der Waals surface area contributed by atoms with Gasteiger partial charge in [-0.15, -0.1) is 0 Å². The van der Waals surface area contributed by atoms with E-state index < -0.39 is 0 Å². The molecule has 2 unspecified atom stereocenters. The first-order valence-corrected chi connectivity index (χ1v) is 7.90. The Balaban J connectivity index is 1.86. The van der Waals surface area contributed by atoms with Gasteiger partial charge < -0.3 is 5.32 Å². The SMILES string of the molecule is CC1CC(C)CC(Nc2cc(Cl)ccc2-n2cncn2)C1. The second-order valence-corrected chi connectivity index (χ2v) is 6.70. The number of nitrogens with zero attached hydrogens (tertiary/aromatic N) is 3. The molecule has 1 aliphatic carbocycles. The maximum absolute atomic E-state index is 6.17. The van der Waals surface area contributed by atoms with Gasteiger partial charge in [0, 0.05) is 11.1 Å². The third kappa shape index (κ3) is 3.38. The van der Waals surface area contributed by atoms with Gasteiger partial charge in [0.05, 0.1) is 11.4 Å². The van der Waals surface area contributed by atoms with Gasteiger partial charge in [-0.2, -0.15) is 5.10 Å². The van der Waals surface area contributed by atoms with Gasteiger partial charge in [0.15, 0.2) is 0 Å². The topological polar surface area (TPSA) is 42.7 Å². The average molecular weight is 305 g/mol. The van der Waals surface area contributed by atoms with Crippen molar-refractivity contribution in [1.82, 2.24) is 14.8 Å². The van der Waals surface area contributed by atoms with E-state index in [1.165, 1.54) is 19.3 Å². The Kier molecular flexibility index (Phi) is 4.15. The summed E-state index contributed by atoms with van der Waals surface area (Å²) < 4.78 is 1.77. The van der Waals surface area contributed by atoms with Gasteiger partial charge in [0.1, 0.15) is 12.7 Å². The molecule has 0 amide bonds. The number of anilines is 1. The van der Waals surface area contributed by atoms with Crippen molar-refractivity contribution in [3.63, 3.8) is 0 Å². The molecule has 0 radical (unpaired) electrons. The summed E-state index contributed by atoms with van der Waals surface area (Å²) >= 11 is 6.17. The number of hydrogen-bond acceptors (Lipinski definition) is 3. The minimum absolute atomic E-state index is 0.490. The van der Waals surface area contributed by atoms with Crippen LogP contribution < -0.4 is 5.32 Å². The van der Waals surface area contributed by atoms with Crippen LogP contribution in [0.4, 0.5) is 5.69 Å². The van der Waals surface area contributed by atoms with Crippen LogP contribution in [0.3, 0.4) is 0 Å². The van der Waals surface area contributed by atoms with Crippen molar-refractivity contribution in [3.05, 3.63) is 35.9 Å². The Hall–Kier alpha value is -1.55. The standard InChI is InChI=1S/C16H21ClN4/c1-11-5-12(2)7-14(6-11)20-15-8-13(17)3-4-16(15)21-10-18-9-19-21/h3-4,8-12,14,20H,5-7H2,1-2H3. The zero-order chi connectivity index (χ0) is 14.8. The maximum atomic E-state index is 6.17. The highest BCUT2D eigenvalue weighted by atomic mass is 35.5. The van der Waals surface area contributed by atoms with Crippen molar-refractivity contribution >= 4 is 17.3 Å². The molecule has 1 aromatic heterocycles. The van der Waals surface area contributed by atoms with Gasteiger partial charge in [0.25, 0.3) is 0 Å². The van der Waals surface area contributed by atoms with Crippen LogP contribution in [-0.2, 0) is 0 Å². The van der Waals surface area contributed by atoms with Gasteiger partial charge in [-0.3, -0.25) is 0 Å². The van der Waals surface area contributed by atoms with Crippen LogP contribution in [0.25, 0.3) is 5.69 Å². The summed E-state index contributed by atoms with van der Waals surface area (Å²) in [7, 11) is 0. The number of hydrogen-bond donors (Lipinski definition) is 1. The number of aromatic nitrogens is 3. The molecule has 5 heteroatoms. The molecule has 1 aromatic carbocycles. The predicted molar refractivity (Wildman–Crippen MR) is 86.0 cm³/mol. The number of nitrogens with one attached hydrogen (secondary N) is 1. The van der Waals surface area contributed by atoms with E-state index in [1.54, 1.807) is 17.3 Å². The normalized spacial score (nSPS) is 25.8. The Morgan fingerprint density at radius 1 is 1.19 bits per heavy atom. The van der Waals surface area contributed by atoms with Crippen molar-refractivity contribution in [2.75, 3.05) is 5.32 Å². The molecule has 1 saturated carbocycles. The highest BCUT2D eigenvalue weighted by Gasteiger charge is 2.24. The minimum Gasteiger partial charge on any atom is -0.381 e. The Labute approximate surface area is 130 Å². The van der Waals surface area contributed by atoms with Crippen LogP contribution in [0.2, 0.25) is 5.02 Å². The molecule has 2 aromatic rings. The second-order valence-electron chi connectivity index (χ2n) is 6.26. The molecule has 0 spiro atoms. The van der Waals surface area contributed by atoms with Crippen molar-refractivity contribution in [2.45, 2.75) is 39.2 Å². The van der Waals surface area contributed by atoms with Crippen LogP contribution >= 0.6 is 11.6 Å². The summed E-state index contributed by atoms with van der Waals surface area (Å²) in [5, 5.41) is 8.62. The molecular formula is C16H21ClN4. The highest BCUT2D eigenvalue weighted by molar-refractivity contribution is 6.31. The largest absolute Gasteiger partial charge is 0.381 e. The quantitative estimate of drug-likeness (QED) is 0.926. The molecule has 4 nitrogen and oxygen atoms in total. The Morgan fingerprint density at radius 3 is 2.62 bits per heavy atom. The van der Waals surface area contributed by atoms with E-state index in [4.69, 9.17) is 11.6 Å². The smallest absolute Gasteiger partial charge is 0.138 e. The van der Waals surface area contributed by atoms with E-state index in [0.29, 0.717) is 6.04 Å². The van der Waals surface area contributed by atoms with E-state index in [9.17, 15) is 0 Å². The predicted octanol–water partition coefficient (Wildman–Crippen LogP) is 4.16. The summed E-state index contributed by atoms with van der Waals surface area (Å²) in [6, 6.07) is 6.33. The van der Waals surface area contributed by atoms with Crippen LogP contribution in [-0.4, -0.2) is 20.8 Å². The summed E-state index contributed by atoms with van der Waals surface area (Å²) in [6.07, 6.45) is 6.98. The van der Waals surface area contributed by atoms with E-state index in [2.05, 4.69) is 29.2 Å². The molecule has 3 rings (SSSR count).